The van der Waals surface area contributed by atoms with E-state index in [0.717, 1.165) is 0 Å². The molecule has 16 heteroatoms. The molecule has 0 saturated heterocycles. The van der Waals surface area contributed by atoms with E-state index in [9.17, 15) is 19.2 Å². The van der Waals surface area contributed by atoms with Gasteiger partial charge in [-0.15, -0.1) is 72.7 Å². The molecule has 7 aromatic rings. The third kappa shape index (κ3) is 12.2. The number of hydrogen-bond acceptors (Lipinski definition) is 10. The maximum absolute atomic E-state index is 13.6. The van der Waals surface area contributed by atoms with Gasteiger partial charge in [-0.05, 0) is 98.5 Å². The van der Waals surface area contributed by atoms with Crippen molar-refractivity contribution in [2.45, 2.75) is 47.2 Å². The summed E-state index contributed by atoms with van der Waals surface area (Å²) in [5.74, 6) is -1.98. The molecule has 2 N–H and O–H groups in total. The fraction of sp³-hybridized carbons (Fsp3) is 0.125. The molecular weight excluding hydrogens is 1090 g/mol. The van der Waals surface area contributed by atoms with Crippen LogP contribution in [-0.2, 0) is 19.2 Å². The minimum atomic E-state index is -1.02. The first-order chi connectivity index (χ1) is 38.8. The van der Waals surface area contributed by atoms with Crippen molar-refractivity contribution in [3.8, 4) is 67.5 Å². The third-order valence-corrected chi connectivity index (χ3v) is 14.2. The van der Waals surface area contributed by atoms with Gasteiger partial charge in [-0.3, -0.25) is 19.2 Å². The maximum atomic E-state index is 13.6. The van der Waals surface area contributed by atoms with E-state index < -0.39 is 45.4 Å². The summed E-state index contributed by atoms with van der Waals surface area (Å²) in [6.45, 7) is 14.9. The van der Waals surface area contributed by atoms with E-state index in [4.69, 9.17) is 75.3 Å². The second kappa shape index (κ2) is 25.5. The van der Waals surface area contributed by atoms with Gasteiger partial charge in [0.15, 0.2) is 0 Å². The summed E-state index contributed by atoms with van der Waals surface area (Å²) < 4.78 is 24.3. The highest BCUT2D eigenvalue weighted by Crippen LogP contribution is 2.44. The predicted molar refractivity (Wildman–Crippen MR) is 321 cm³/mol. The highest BCUT2D eigenvalue weighted by atomic mass is 35.5. The van der Waals surface area contributed by atoms with Crippen LogP contribution in [0.15, 0.2) is 172 Å². The Hall–Kier alpha value is -8.52. The molecule has 80 heavy (non-hydrogen) atoms. The van der Waals surface area contributed by atoms with Crippen molar-refractivity contribution < 1.29 is 38.1 Å². The molecule has 9 rings (SSSR count). The van der Waals surface area contributed by atoms with Gasteiger partial charge in [0.05, 0.1) is 22.8 Å². The summed E-state index contributed by atoms with van der Waals surface area (Å²) >= 11 is 26.0. The molecule has 4 atom stereocenters. The molecule has 12 nitrogen and oxygen atoms in total. The second-order valence-electron chi connectivity index (χ2n) is 18.1. The number of ether oxygens (including phenoxy) is 4. The number of allylic oxidation sites excluding steroid dienone is 4. The molecule has 0 fully saturated rings. The second-order valence-corrected chi connectivity index (χ2v) is 20.2. The molecule has 2 aliphatic rings. The Kier molecular flexibility index (Phi) is 17.9. The first-order valence-electron chi connectivity index (χ1n) is 25.2. The summed E-state index contributed by atoms with van der Waals surface area (Å²) in [5, 5.41) is -4.09. The molecule has 0 spiro atoms. The highest BCUT2D eigenvalue weighted by Gasteiger charge is 2.27. The number of carbonyl (C=O) groups excluding carboxylic acids is 4. The zero-order valence-corrected chi connectivity index (χ0v) is 45.8. The number of aromatic amines is 2. The number of halogens is 4. The van der Waals surface area contributed by atoms with Crippen LogP contribution in [0.4, 0.5) is 0 Å². The number of esters is 4. The molecule has 4 aromatic carbocycles. The monoisotopic (exact) mass is 1140 g/mol. The standard InChI is InChI=1S/C64H50Cl4N4O8/c1-5-17-41(65)61(73)77-53-25-13-9-21-37(53)57-45-29-31-47(69-45)58(38-22-10-14-26-54(38)78-62(74)42(66)18-6-2)49-33-35-51(71-49)60(40-24-12-16-28-56(40)80-64(76)44(68)20-8-4)52-36-34-50(72-52)59(48-32-30-46(57)70-48)39-23-11-15-27-55(39)79-63(75)43(67)19-7-3/h5-16,21-36,41-44,69,72H,1-4,17-20H2. The SMILES string of the molecule is C=CCC(Cl)C(=O)Oc1ccccc1-c1c2nc(c(-c3ccccc3OC(=O)C(Cl)CC=C)c3ccc([nH]3)c(-c3ccccc3OC(=O)C(Cl)CC=C)c3nc(c(-c4ccccc4OC(=O)C(Cl)CC=C)c4ccc1[nH]4)C=C3)C=C2. The first kappa shape index (κ1) is 56.2. The number of nitrogens with one attached hydrogen (secondary N) is 2. The number of benzene rings is 4. The van der Waals surface area contributed by atoms with Crippen LogP contribution in [0.1, 0.15) is 48.5 Å². The van der Waals surface area contributed by atoms with E-state index in [0.29, 0.717) is 89.4 Å². The number of H-pyrrole nitrogens is 2. The van der Waals surface area contributed by atoms with Crippen molar-refractivity contribution in [2.75, 3.05) is 0 Å². The highest BCUT2D eigenvalue weighted by molar-refractivity contribution is 6.31. The van der Waals surface area contributed by atoms with E-state index >= 15 is 0 Å². The molecule has 0 amide bonds. The van der Waals surface area contributed by atoms with Gasteiger partial charge in [-0.1, -0.05) is 97.1 Å². The quantitative estimate of drug-likeness (QED) is 0.0325. The van der Waals surface area contributed by atoms with Gasteiger partial charge in [-0.2, -0.15) is 0 Å². The molecule has 0 radical (unpaired) electrons. The van der Waals surface area contributed by atoms with Crippen LogP contribution < -0.4 is 18.9 Å². The number of rotatable bonds is 20. The maximum Gasteiger partial charge on any atom is 0.329 e. The average Bonchev–Trinajstić information content (AvgIpc) is 4.44. The Morgan fingerprint density at radius 2 is 0.588 bits per heavy atom. The molecule has 2 aliphatic heterocycles. The molecule has 8 bridgehead atoms. The largest absolute Gasteiger partial charge is 0.425 e. The number of fused-ring (bicyclic) bond motifs is 8. The molecule has 0 saturated carbocycles. The van der Waals surface area contributed by atoms with Crippen LogP contribution >= 0.6 is 46.4 Å². The lowest BCUT2D eigenvalue weighted by molar-refractivity contribution is -0.134. The summed E-state index contributed by atoms with van der Waals surface area (Å²) in [7, 11) is 0. The molecule has 3 aromatic heterocycles. The van der Waals surface area contributed by atoms with Crippen LogP contribution in [0.5, 0.6) is 23.0 Å². The van der Waals surface area contributed by atoms with E-state index in [1.807, 2.05) is 72.8 Å². The number of aromatic nitrogens is 4. The predicted octanol–water partition coefficient (Wildman–Crippen LogP) is 15.7. The summed E-state index contributed by atoms with van der Waals surface area (Å²) in [6.07, 6.45) is 14.1. The molecule has 0 aliphatic carbocycles. The normalized spacial score (nSPS) is 13.1. The number of carbonyl (C=O) groups is 4. The fourth-order valence-corrected chi connectivity index (χ4v) is 9.73. The Balaban J connectivity index is 1.43. The number of para-hydroxylation sites is 4. The van der Waals surface area contributed by atoms with Crippen molar-refractivity contribution in [2.24, 2.45) is 0 Å². The minimum Gasteiger partial charge on any atom is -0.425 e. The van der Waals surface area contributed by atoms with Crippen LogP contribution in [-0.4, -0.2) is 65.3 Å². The van der Waals surface area contributed by atoms with Crippen molar-refractivity contribution in [3.05, 3.63) is 195 Å². The van der Waals surface area contributed by atoms with Gasteiger partial charge in [0, 0.05) is 66.6 Å². The number of alkyl halides is 4. The molecule has 4 unspecified atom stereocenters. The third-order valence-electron chi connectivity index (χ3n) is 12.7. The van der Waals surface area contributed by atoms with Crippen molar-refractivity contribution in [3.63, 3.8) is 0 Å². The summed E-state index contributed by atoms with van der Waals surface area (Å²) in [6, 6.07) is 35.5. The van der Waals surface area contributed by atoms with Gasteiger partial charge in [0.25, 0.3) is 0 Å². The Morgan fingerprint density at radius 1 is 0.375 bits per heavy atom. The fourth-order valence-electron chi connectivity index (χ4n) is 9.05. The van der Waals surface area contributed by atoms with Crippen LogP contribution in [0.3, 0.4) is 0 Å². The number of nitrogens with zero attached hydrogens (tertiary/aromatic N) is 2. The molecule has 402 valence electrons. The van der Waals surface area contributed by atoms with Gasteiger partial charge < -0.3 is 28.9 Å². The summed E-state index contributed by atoms with van der Waals surface area (Å²) in [4.78, 5) is 72.3. The van der Waals surface area contributed by atoms with E-state index in [1.165, 1.54) is 24.3 Å². The summed E-state index contributed by atoms with van der Waals surface area (Å²) in [5.41, 5.74) is 7.71. The Bertz CT molecular complexity index is 3370. The van der Waals surface area contributed by atoms with Gasteiger partial charge in [0.1, 0.15) is 44.5 Å². The lowest BCUT2D eigenvalue weighted by Gasteiger charge is -2.14. The lowest BCUT2D eigenvalue weighted by atomic mass is 10.0. The van der Waals surface area contributed by atoms with Crippen LogP contribution in [0.25, 0.3) is 90.9 Å². The van der Waals surface area contributed by atoms with Gasteiger partial charge in [-0.25, -0.2) is 9.97 Å². The van der Waals surface area contributed by atoms with Gasteiger partial charge >= 0.3 is 23.9 Å². The zero-order chi connectivity index (χ0) is 56.5. The van der Waals surface area contributed by atoms with Crippen molar-refractivity contribution in [1.29, 1.82) is 0 Å². The average molecular weight is 1140 g/mol. The van der Waals surface area contributed by atoms with Gasteiger partial charge in [0.2, 0.25) is 0 Å². The van der Waals surface area contributed by atoms with E-state index in [1.54, 1.807) is 72.8 Å². The Labute approximate surface area is 481 Å². The smallest absolute Gasteiger partial charge is 0.329 e. The van der Waals surface area contributed by atoms with Crippen molar-refractivity contribution in [1.82, 2.24) is 19.9 Å². The minimum absolute atomic E-state index is 0.166. The lowest BCUT2D eigenvalue weighted by Crippen LogP contribution is -2.20. The van der Waals surface area contributed by atoms with E-state index in [-0.39, 0.29) is 48.7 Å². The number of hydrogen-bond donors (Lipinski definition) is 2. The van der Waals surface area contributed by atoms with Crippen molar-refractivity contribution >= 4 is 117 Å². The molecule has 5 heterocycles. The first-order valence-corrected chi connectivity index (χ1v) is 27.0. The van der Waals surface area contributed by atoms with E-state index in [2.05, 4.69) is 36.3 Å². The Morgan fingerprint density at radius 3 is 0.800 bits per heavy atom. The van der Waals surface area contributed by atoms with Crippen LogP contribution in [0.2, 0.25) is 0 Å². The zero-order valence-electron chi connectivity index (χ0n) is 42.8. The van der Waals surface area contributed by atoms with Crippen LogP contribution in [0, 0.1) is 0 Å². The topological polar surface area (TPSA) is 163 Å². The molecular formula is C64H50Cl4N4O8.